The minimum absolute atomic E-state index is 0.0544. The van der Waals surface area contributed by atoms with Gasteiger partial charge in [-0.25, -0.2) is 4.39 Å². The molecular weight excluding hydrogens is 250 g/mol. The van der Waals surface area contributed by atoms with Crippen LogP contribution in [0.3, 0.4) is 0 Å². The van der Waals surface area contributed by atoms with Crippen molar-refractivity contribution in [2.75, 3.05) is 13.1 Å². The molecule has 1 heterocycles. The summed E-state index contributed by atoms with van der Waals surface area (Å²) in [6.07, 6.45) is 1.66. The Kier molecular flexibility index (Phi) is 4.57. The van der Waals surface area contributed by atoms with Crippen molar-refractivity contribution in [3.05, 3.63) is 35.1 Å². The van der Waals surface area contributed by atoms with Gasteiger partial charge >= 0.3 is 0 Å². The maximum atomic E-state index is 13.4. The Labute approximate surface area is 122 Å². The summed E-state index contributed by atoms with van der Waals surface area (Å²) in [5, 5.41) is 10.4. The number of hydrogen-bond acceptors (Lipinski definition) is 3. The smallest absolute Gasteiger partial charge is 0.178 e. The third kappa shape index (κ3) is 2.92. The number of halogens is 1. The van der Waals surface area contributed by atoms with E-state index in [2.05, 4.69) is 5.23 Å². The molecule has 0 aromatic heterocycles. The van der Waals surface area contributed by atoms with Crippen molar-refractivity contribution in [2.45, 2.75) is 24.2 Å². The molecule has 3 nitrogen and oxygen atoms in total. The summed E-state index contributed by atoms with van der Waals surface area (Å²) in [6, 6.07) is 6.19. The SMILES string of the molecule is [B]NC1CCN(C([B])([B])c2ccc(F)c(C#N)c2)CC1. The van der Waals surface area contributed by atoms with E-state index in [1.165, 1.54) is 18.2 Å². The summed E-state index contributed by atoms with van der Waals surface area (Å²) >= 11 is 0. The van der Waals surface area contributed by atoms with Crippen LogP contribution in [-0.2, 0) is 5.34 Å². The van der Waals surface area contributed by atoms with Gasteiger partial charge in [0.05, 0.1) is 21.3 Å². The Hall–Kier alpha value is -1.25. The lowest BCUT2D eigenvalue weighted by atomic mass is 9.56. The van der Waals surface area contributed by atoms with Gasteiger partial charge in [-0.3, -0.25) is 0 Å². The van der Waals surface area contributed by atoms with E-state index in [-0.39, 0.29) is 11.6 Å². The monoisotopic (exact) mass is 263 g/mol. The van der Waals surface area contributed by atoms with Gasteiger partial charge in [-0.05, 0) is 55.0 Å². The normalized spacial score (nSPS) is 17.8. The Morgan fingerprint density at radius 2 is 2.00 bits per heavy atom. The molecule has 6 radical (unpaired) electrons. The molecule has 1 aliphatic rings. The predicted octanol–water partition coefficient (Wildman–Crippen LogP) is 0.282. The van der Waals surface area contributed by atoms with E-state index in [0.29, 0.717) is 18.7 Å². The Morgan fingerprint density at radius 3 is 2.55 bits per heavy atom. The van der Waals surface area contributed by atoms with Crippen molar-refractivity contribution < 1.29 is 4.39 Å². The van der Waals surface area contributed by atoms with Crippen molar-refractivity contribution in [1.82, 2.24) is 10.1 Å². The average molecular weight is 263 g/mol. The van der Waals surface area contributed by atoms with Crippen LogP contribution in [0.2, 0.25) is 0 Å². The van der Waals surface area contributed by atoms with Gasteiger partial charge in [0, 0.05) is 0 Å². The number of nitrogens with zero attached hydrogens (tertiary/aromatic N) is 2. The molecular formula is C13H13B3FN3. The fraction of sp³-hybridized carbons (Fsp3) is 0.462. The highest BCUT2D eigenvalue weighted by atomic mass is 19.1. The van der Waals surface area contributed by atoms with Gasteiger partial charge in [-0.1, -0.05) is 6.07 Å². The second kappa shape index (κ2) is 6.03. The molecule has 7 heteroatoms. The van der Waals surface area contributed by atoms with E-state index in [4.69, 9.17) is 28.9 Å². The van der Waals surface area contributed by atoms with E-state index in [1.807, 2.05) is 4.90 Å². The minimum atomic E-state index is -1.22. The van der Waals surface area contributed by atoms with Crippen LogP contribution in [0.25, 0.3) is 0 Å². The van der Waals surface area contributed by atoms with Crippen LogP contribution in [0.1, 0.15) is 24.0 Å². The van der Waals surface area contributed by atoms with Gasteiger partial charge in [0.25, 0.3) is 0 Å². The first kappa shape index (κ1) is 15.1. The standard InChI is InChI=1S/C13H13B3FN3/c14-13(15,20-5-3-11(19-16)4-6-20)10-1-2-12(17)9(7-10)8-18/h1-2,7,11,19H,3-6H2. The maximum Gasteiger partial charge on any atom is 0.178 e. The van der Waals surface area contributed by atoms with Crippen LogP contribution in [0.5, 0.6) is 0 Å². The molecule has 0 unspecified atom stereocenters. The number of nitriles is 1. The second-order valence-corrected chi connectivity index (χ2v) is 5.06. The number of likely N-dealkylation sites (tertiary alicyclic amines) is 1. The molecule has 1 aromatic rings. The molecule has 1 aromatic carbocycles. The van der Waals surface area contributed by atoms with Crippen molar-refractivity contribution in [3.63, 3.8) is 0 Å². The second-order valence-electron chi connectivity index (χ2n) is 5.06. The highest BCUT2D eigenvalue weighted by Crippen LogP contribution is 2.27. The highest BCUT2D eigenvalue weighted by molar-refractivity contribution is 6.39. The molecule has 1 saturated heterocycles. The van der Waals surface area contributed by atoms with Crippen LogP contribution in [0.15, 0.2) is 18.2 Å². The molecule has 0 aliphatic carbocycles. The van der Waals surface area contributed by atoms with Crippen LogP contribution in [-0.4, -0.2) is 47.7 Å². The van der Waals surface area contributed by atoms with E-state index < -0.39 is 11.2 Å². The summed E-state index contributed by atoms with van der Waals surface area (Å²) in [6.45, 7) is 1.36. The molecule has 0 saturated carbocycles. The topological polar surface area (TPSA) is 39.1 Å². The van der Waals surface area contributed by atoms with E-state index in [0.717, 1.165) is 12.8 Å². The fourth-order valence-electron chi connectivity index (χ4n) is 2.46. The van der Waals surface area contributed by atoms with Gasteiger partial charge in [-0.2, -0.15) is 5.26 Å². The zero-order valence-electron chi connectivity index (χ0n) is 11.1. The number of piperidine rings is 1. The first-order valence-corrected chi connectivity index (χ1v) is 6.48. The number of hydrogen-bond donors (Lipinski definition) is 1. The maximum absolute atomic E-state index is 13.4. The first-order valence-electron chi connectivity index (χ1n) is 6.48. The summed E-state index contributed by atoms with van der Waals surface area (Å²) in [4.78, 5) is 1.91. The lowest BCUT2D eigenvalue weighted by molar-refractivity contribution is 0.168. The van der Waals surface area contributed by atoms with Crippen LogP contribution in [0.4, 0.5) is 4.39 Å². The molecule has 0 amide bonds. The minimum Gasteiger partial charge on any atom is -0.364 e. The molecule has 0 spiro atoms. The van der Waals surface area contributed by atoms with Crippen molar-refractivity contribution in [1.29, 1.82) is 5.26 Å². The van der Waals surface area contributed by atoms with Gasteiger partial charge < -0.3 is 10.1 Å². The third-order valence-corrected chi connectivity index (χ3v) is 3.80. The number of rotatable bonds is 3. The summed E-state index contributed by atoms with van der Waals surface area (Å²) in [5.74, 6) is -0.571. The van der Waals surface area contributed by atoms with Crippen LogP contribution in [0, 0.1) is 17.1 Å². The lowest BCUT2D eigenvalue weighted by Crippen LogP contribution is -2.53. The Balaban J connectivity index is 2.20. The van der Waals surface area contributed by atoms with Crippen LogP contribution >= 0.6 is 0 Å². The molecule has 0 bridgehead atoms. The molecule has 20 heavy (non-hydrogen) atoms. The lowest BCUT2D eigenvalue weighted by Gasteiger charge is -2.44. The molecule has 1 aliphatic heterocycles. The summed E-state index contributed by atoms with van der Waals surface area (Å²) in [5.41, 5.74) is 0.468. The van der Waals surface area contributed by atoms with Gasteiger partial charge in [-0.15, -0.1) is 0 Å². The Morgan fingerprint density at radius 1 is 1.35 bits per heavy atom. The first-order chi connectivity index (χ1) is 9.48. The average Bonchev–Trinajstić information content (AvgIpc) is 2.47. The summed E-state index contributed by atoms with van der Waals surface area (Å²) < 4.78 is 13.4. The fourth-order valence-corrected chi connectivity index (χ4v) is 2.46. The van der Waals surface area contributed by atoms with Gasteiger partial charge in [0.1, 0.15) is 11.9 Å². The number of nitrogens with one attached hydrogen (secondary N) is 1. The zero-order chi connectivity index (χ0) is 14.8. The Bertz CT molecular complexity index is 522. The van der Waals surface area contributed by atoms with E-state index >= 15 is 0 Å². The van der Waals surface area contributed by atoms with Crippen molar-refractivity contribution in [2.24, 2.45) is 0 Å². The number of benzene rings is 1. The van der Waals surface area contributed by atoms with Crippen LogP contribution < -0.4 is 5.23 Å². The molecule has 0 atom stereocenters. The van der Waals surface area contributed by atoms with E-state index in [9.17, 15) is 4.39 Å². The highest BCUT2D eigenvalue weighted by Gasteiger charge is 2.31. The summed E-state index contributed by atoms with van der Waals surface area (Å²) in [7, 11) is 17.8. The van der Waals surface area contributed by atoms with Crippen molar-refractivity contribution >= 4 is 23.7 Å². The predicted molar refractivity (Wildman–Crippen MR) is 77.8 cm³/mol. The molecule has 2 rings (SSSR count). The largest absolute Gasteiger partial charge is 0.364 e. The van der Waals surface area contributed by atoms with Crippen molar-refractivity contribution in [3.8, 4) is 6.07 Å². The molecule has 1 N–H and O–H groups in total. The zero-order valence-corrected chi connectivity index (χ0v) is 11.1. The van der Waals surface area contributed by atoms with E-state index in [1.54, 1.807) is 6.07 Å². The van der Waals surface area contributed by atoms with Gasteiger partial charge in [0.15, 0.2) is 7.98 Å². The molecule has 1 fully saturated rings. The third-order valence-electron chi connectivity index (χ3n) is 3.80. The quantitative estimate of drug-likeness (QED) is 0.796. The molecule has 96 valence electrons. The van der Waals surface area contributed by atoms with Gasteiger partial charge in [0.2, 0.25) is 0 Å².